The van der Waals surface area contributed by atoms with Crippen molar-refractivity contribution in [1.82, 2.24) is 4.98 Å². The lowest BCUT2D eigenvalue weighted by Crippen LogP contribution is -2.35. The zero-order chi connectivity index (χ0) is 20.5. The Bertz CT molecular complexity index is 1220. The lowest BCUT2D eigenvalue weighted by molar-refractivity contribution is -0.726. The van der Waals surface area contributed by atoms with E-state index in [1.807, 2.05) is 16.8 Å². The highest BCUT2D eigenvalue weighted by molar-refractivity contribution is 6.16. The van der Waals surface area contributed by atoms with Crippen molar-refractivity contribution in [1.29, 1.82) is 0 Å². The number of aryl methyl sites for hydroxylation is 2. The van der Waals surface area contributed by atoms with Crippen molar-refractivity contribution in [2.24, 2.45) is 0 Å². The molecule has 0 aliphatic heterocycles. The van der Waals surface area contributed by atoms with Crippen molar-refractivity contribution in [3.63, 3.8) is 0 Å². The highest BCUT2D eigenvalue weighted by Crippen LogP contribution is 2.37. The molecule has 0 amide bonds. The Hall–Kier alpha value is -3.08. The summed E-state index contributed by atoms with van der Waals surface area (Å²) in [6.07, 6.45) is 6.37. The van der Waals surface area contributed by atoms with Crippen LogP contribution >= 0.6 is 0 Å². The summed E-state index contributed by atoms with van der Waals surface area (Å²) in [4.78, 5) is 15.4. The minimum Gasteiger partial charge on any atom is -0.497 e. The first-order valence-electron chi connectivity index (χ1n) is 10.1. The SMILES string of the molecule is CCCCC(=O)OC[n+]1ccc2c(C)c3[nH]c4ccc(OC)cc4c3c(C)c2c1. The number of hydrogen-bond acceptors (Lipinski definition) is 3. The molecule has 0 spiro atoms. The lowest BCUT2D eigenvalue weighted by Gasteiger charge is -2.09. The molecule has 0 fully saturated rings. The van der Waals surface area contributed by atoms with E-state index >= 15 is 0 Å². The Morgan fingerprint density at radius 2 is 1.93 bits per heavy atom. The number of benzene rings is 2. The Morgan fingerprint density at radius 1 is 1.10 bits per heavy atom. The maximum atomic E-state index is 11.9. The van der Waals surface area contributed by atoms with E-state index in [0.29, 0.717) is 6.42 Å². The van der Waals surface area contributed by atoms with Crippen molar-refractivity contribution >= 4 is 38.5 Å². The van der Waals surface area contributed by atoms with Gasteiger partial charge in [-0.2, -0.15) is 4.57 Å². The number of hydrogen-bond donors (Lipinski definition) is 1. The fourth-order valence-electron chi connectivity index (χ4n) is 4.02. The number of nitrogens with one attached hydrogen (secondary N) is 1. The van der Waals surface area contributed by atoms with Gasteiger partial charge < -0.3 is 14.5 Å². The standard InChI is InChI=1S/C24H26N2O3/c1-5-6-7-22(27)29-14-26-11-10-18-16(3)24-23(15(2)20(18)13-26)19-12-17(28-4)8-9-21(19)25-24/h8-13H,5-7,14H2,1-4H3/p+1. The monoisotopic (exact) mass is 391 g/mol. The molecule has 2 aromatic heterocycles. The molecule has 0 saturated carbocycles. The molecule has 5 nitrogen and oxygen atoms in total. The molecule has 5 heteroatoms. The van der Waals surface area contributed by atoms with Gasteiger partial charge in [0.05, 0.1) is 12.6 Å². The number of pyridine rings is 1. The van der Waals surface area contributed by atoms with Gasteiger partial charge in [-0.3, -0.25) is 4.79 Å². The molecule has 0 aliphatic carbocycles. The van der Waals surface area contributed by atoms with Gasteiger partial charge in [0.15, 0.2) is 12.4 Å². The fourth-order valence-corrected chi connectivity index (χ4v) is 4.02. The highest BCUT2D eigenvalue weighted by Gasteiger charge is 2.17. The quantitative estimate of drug-likeness (QED) is 0.368. The van der Waals surface area contributed by atoms with Gasteiger partial charge in [0.2, 0.25) is 0 Å². The van der Waals surface area contributed by atoms with Crippen LogP contribution in [-0.2, 0) is 16.3 Å². The Morgan fingerprint density at radius 3 is 2.69 bits per heavy atom. The van der Waals surface area contributed by atoms with E-state index in [-0.39, 0.29) is 12.7 Å². The number of carbonyl (C=O) groups excluding carboxylic acids is 1. The van der Waals surface area contributed by atoms with Crippen molar-refractivity contribution in [2.75, 3.05) is 7.11 Å². The predicted octanol–water partition coefficient (Wildman–Crippen LogP) is 5.08. The summed E-state index contributed by atoms with van der Waals surface area (Å²) in [6.45, 7) is 6.59. The summed E-state index contributed by atoms with van der Waals surface area (Å²) in [6, 6.07) is 8.22. The average Bonchev–Trinajstić information content (AvgIpc) is 3.13. The molecule has 150 valence electrons. The molecule has 2 heterocycles. The third-order valence-electron chi connectivity index (χ3n) is 5.69. The maximum Gasteiger partial charge on any atom is 0.310 e. The van der Waals surface area contributed by atoms with Crippen LogP contribution in [0.1, 0.15) is 37.3 Å². The summed E-state index contributed by atoms with van der Waals surface area (Å²) in [5, 5.41) is 4.72. The van der Waals surface area contributed by atoms with Crippen LogP contribution in [0.15, 0.2) is 36.7 Å². The Kier molecular flexibility index (Phi) is 5.14. The van der Waals surface area contributed by atoms with Gasteiger partial charge in [0.25, 0.3) is 6.73 Å². The molecule has 4 aromatic rings. The number of aromatic amines is 1. The third kappa shape index (κ3) is 3.41. The number of unbranched alkanes of at least 4 members (excludes halogenated alkanes) is 1. The second-order valence-corrected chi connectivity index (χ2v) is 7.57. The van der Waals surface area contributed by atoms with Crippen LogP contribution in [0.4, 0.5) is 0 Å². The van der Waals surface area contributed by atoms with Crippen LogP contribution in [0.5, 0.6) is 5.75 Å². The number of nitrogens with zero attached hydrogens (tertiary/aromatic N) is 1. The van der Waals surface area contributed by atoms with Gasteiger partial charge >= 0.3 is 5.97 Å². The van der Waals surface area contributed by atoms with E-state index in [9.17, 15) is 4.79 Å². The number of fused-ring (bicyclic) bond motifs is 4. The Balaban J connectivity index is 1.81. The zero-order valence-corrected chi connectivity index (χ0v) is 17.5. The first kappa shape index (κ1) is 19.2. The number of esters is 1. The number of H-pyrrole nitrogens is 1. The molecule has 0 atom stereocenters. The second-order valence-electron chi connectivity index (χ2n) is 7.57. The minimum absolute atomic E-state index is 0.147. The van der Waals surface area contributed by atoms with E-state index < -0.39 is 0 Å². The first-order chi connectivity index (χ1) is 14.0. The maximum absolute atomic E-state index is 11.9. The normalized spacial score (nSPS) is 11.4. The number of ether oxygens (including phenoxy) is 2. The summed E-state index contributed by atoms with van der Waals surface area (Å²) in [5.41, 5.74) is 4.66. The van der Waals surface area contributed by atoms with E-state index in [1.54, 1.807) is 7.11 Å². The third-order valence-corrected chi connectivity index (χ3v) is 5.69. The molecule has 0 aliphatic rings. The first-order valence-corrected chi connectivity index (χ1v) is 10.1. The van der Waals surface area contributed by atoms with Crippen molar-refractivity contribution in [3.8, 4) is 5.75 Å². The van der Waals surface area contributed by atoms with Gasteiger partial charge in [0, 0.05) is 34.2 Å². The summed E-state index contributed by atoms with van der Waals surface area (Å²) in [5.74, 6) is 0.698. The lowest BCUT2D eigenvalue weighted by atomic mass is 9.97. The fraction of sp³-hybridized carbons (Fsp3) is 0.333. The number of aromatic nitrogens is 2. The van der Waals surface area contributed by atoms with Gasteiger partial charge in [-0.15, -0.1) is 0 Å². The molecule has 0 unspecified atom stereocenters. The Labute approximate surface area is 170 Å². The average molecular weight is 391 g/mol. The molecule has 29 heavy (non-hydrogen) atoms. The molecule has 4 rings (SSSR count). The van der Waals surface area contributed by atoms with Crippen molar-refractivity contribution < 1.29 is 18.8 Å². The van der Waals surface area contributed by atoms with E-state index in [0.717, 1.165) is 40.4 Å². The van der Waals surface area contributed by atoms with E-state index in [1.165, 1.54) is 21.9 Å². The van der Waals surface area contributed by atoms with Crippen LogP contribution in [0, 0.1) is 13.8 Å². The van der Waals surface area contributed by atoms with Gasteiger partial charge in [-0.1, -0.05) is 13.3 Å². The highest BCUT2D eigenvalue weighted by atomic mass is 16.5. The smallest absolute Gasteiger partial charge is 0.310 e. The predicted molar refractivity (Wildman–Crippen MR) is 115 cm³/mol. The zero-order valence-electron chi connectivity index (χ0n) is 17.5. The topological polar surface area (TPSA) is 55.2 Å². The molecule has 1 N–H and O–H groups in total. The number of rotatable bonds is 6. The van der Waals surface area contributed by atoms with Crippen LogP contribution < -0.4 is 9.30 Å². The minimum atomic E-state index is -0.147. The van der Waals surface area contributed by atoms with E-state index in [2.05, 4.69) is 50.2 Å². The van der Waals surface area contributed by atoms with Gasteiger partial charge in [-0.25, -0.2) is 0 Å². The molecule has 0 bridgehead atoms. The number of methoxy groups -OCH3 is 1. The number of carbonyl (C=O) groups is 1. The molecule has 0 saturated heterocycles. The van der Waals surface area contributed by atoms with Gasteiger partial charge in [-0.05, 0) is 55.0 Å². The summed E-state index contributed by atoms with van der Waals surface area (Å²) < 4.78 is 12.8. The van der Waals surface area contributed by atoms with Crippen molar-refractivity contribution in [2.45, 2.75) is 46.8 Å². The molecular weight excluding hydrogens is 364 g/mol. The molecule has 0 radical (unpaired) electrons. The summed E-state index contributed by atoms with van der Waals surface area (Å²) in [7, 11) is 1.69. The molecular formula is C24H27N2O3+. The second kappa shape index (κ2) is 7.74. The van der Waals surface area contributed by atoms with Crippen LogP contribution in [-0.4, -0.2) is 18.1 Å². The van der Waals surface area contributed by atoms with Gasteiger partial charge in [0.1, 0.15) is 5.75 Å². The van der Waals surface area contributed by atoms with Crippen LogP contribution in [0.2, 0.25) is 0 Å². The van der Waals surface area contributed by atoms with Crippen LogP contribution in [0.25, 0.3) is 32.6 Å². The molecule has 2 aromatic carbocycles. The summed E-state index contributed by atoms with van der Waals surface area (Å²) >= 11 is 0. The van der Waals surface area contributed by atoms with Crippen molar-refractivity contribution in [3.05, 3.63) is 47.8 Å². The van der Waals surface area contributed by atoms with E-state index in [4.69, 9.17) is 9.47 Å². The largest absolute Gasteiger partial charge is 0.497 e. The van der Waals surface area contributed by atoms with Crippen LogP contribution in [0.3, 0.4) is 0 Å².